The highest BCUT2D eigenvalue weighted by Gasteiger charge is 2.37. The highest BCUT2D eigenvalue weighted by atomic mass is 79.9. The molecule has 18 heavy (non-hydrogen) atoms. The summed E-state index contributed by atoms with van der Waals surface area (Å²) in [6.45, 7) is 1.59. The van der Waals surface area contributed by atoms with E-state index in [0.29, 0.717) is 0 Å². The lowest BCUT2D eigenvalue weighted by molar-refractivity contribution is -0.138. The van der Waals surface area contributed by atoms with Crippen molar-refractivity contribution < 1.29 is 22.7 Å². The summed E-state index contributed by atoms with van der Waals surface area (Å²) >= 11 is 2.71. The molecule has 7 heteroatoms. The van der Waals surface area contributed by atoms with E-state index < -0.39 is 27.7 Å². The predicted octanol–water partition coefficient (Wildman–Crippen LogP) is 3.52. The summed E-state index contributed by atoms with van der Waals surface area (Å²) in [6, 6.07) is 3.50. The predicted molar refractivity (Wildman–Crippen MR) is 59.8 cm³/mol. The maximum Gasteiger partial charge on any atom is 0.418 e. The van der Waals surface area contributed by atoms with Crippen LogP contribution in [0.25, 0.3) is 0 Å². The van der Waals surface area contributed by atoms with Gasteiger partial charge in [-0.05, 0) is 35.0 Å². The number of benzene rings is 1. The largest absolute Gasteiger partial charge is 0.462 e. The Balaban J connectivity index is 3.45. The van der Waals surface area contributed by atoms with Crippen molar-refractivity contribution in [3.05, 3.63) is 33.3 Å². The molecule has 0 amide bonds. The van der Waals surface area contributed by atoms with E-state index in [1.165, 1.54) is 6.07 Å². The van der Waals surface area contributed by atoms with E-state index in [2.05, 4.69) is 20.7 Å². The first-order chi connectivity index (χ1) is 8.32. The van der Waals surface area contributed by atoms with Gasteiger partial charge < -0.3 is 4.74 Å². The number of halogens is 4. The van der Waals surface area contributed by atoms with Crippen LogP contribution >= 0.6 is 15.9 Å². The average Bonchev–Trinajstić information content (AvgIpc) is 2.26. The van der Waals surface area contributed by atoms with Crippen LogP contribution in [0.3, 0.4) is 0 Å². The third-order valence-corrected chi connectivity index (χ3v) is 2.86. The number of hydrogen-bond acceptors (Lipinski definition) is 3. The number of carbonyl (C=O) groups is 1. The van der Waals surface area contributed by atoms with Crippen LogP contribution in [0.5, 0.6) is 0 Å². The molecule has 1 rings (SSSR count). The van der Waals surface area contributed by atoms with Gasteiger partial charge in [0.1, 0.15) is 0 Å². The molecule has 0 N–H and O–H groups in total. The van der Waals surface area contributed by atoms with Gasteiger partial charge in [-0.15, -0.1) is 0 Å². The van der Waals surface area contributed by atoms with Gasteiger partial charge in [-0.1, -0.05) is 0 Å². The van der Waals surface area contributed by atoms with E-state index in [1.807, 2.05) is 0 Å². The molecule has 0 bridgehead atoms. The third-order valence-electron chi connectivity index (χ3n) is 2.04. The second-order valence-electron chi connectivity index (χ2n) is 3.18. The van der Waals surface area contributed by atoms with Gasteiger partial charge in [0.25, 0.3) is 0 Å². The quantitative estimate of drug-likeness (QED) is 0.783. The van der Waals surface area contributed by atoms with E-state index in [9.17, 15) is 18.0 Å². The summed E-state index contributed by atoms with van der Waals surface area (Å²) in [5.74, 6) is -0.876. The molecule has 1 aromatic carbocycles. The van der Waals surface area contributed by atoms with Crippen molar-refractivity contribution in [2.75, 3.05) is 6.61 Å². The lowest BCUT2D eigenvalue weighted by atomic mass is 10.0. The van der Waals surface area contributed by atoms with Crippen LogP contribution < -0.4 is 0 Å². The first-order valence-electron chi connectivity index (χ1n) is 4.79. The first kappa shape index (κ1) is 14.5. The molecular weight excluding hydrogens is 315 g/mol. The molecule has 0 heterocycles. The Bertz CT molecular complexity index is 520. The van der Waals surface area contributed by atoms with E-state index in [4.69, 9.17) is 5.26 Å². The van der Waals surface area contributed by atoms with Gasteiger partial charge in [0, 0.05) is 4.47 Å². The van der Waals surface area contributed by atoms with Crippen LogP contribution in [0.15, 0.2) is 16.6 Å². The number of carbonyl (C=O) groups excluding carboxylic acids is 1. The first-order valence-corrected chi connectivity index (χ1v) is 5.59. The SMILES string of the molecule is CCOC(=O)c1ccc(C#N)c(C(F)(F)F)c1Br. The second-order valence-corrected chi connectivity index (χ2v) is 3.97. The Labute approximate surface area is 109 Å². The molecule has 1 aromatic rings. The van der Waals surface area contributed by atoms with Gasteiger partial charge in [-0.3, -0.25) is 0 Å². The topological polar surface area (TPSA) is 50.1 Å². The molecule has 0 aliphatic rings. The molecule has 0 atom stereocenters. The second kappa shape index (κ2) is 5.40. The summed E-state index contributed by atoms with van der Waals surface area (Å²) in [7, 11) is 0. The minimum Gasteiger partial charge on any atom is -0.462 e. The van der Waals surface area contributed by atoms with E-state index >= 15 is 0 Å². The standard InChI is InChI=1S/C11H7BrF3NO2/c1-2-18-10(17)7-4-3-6(5-16)8(9(7)12)11(13,14)15/h3-4H,2H2,1H3. The Kier molecular flexibility index (Phi) is 4.35. The number of esters is 1. The normalized spacial score (nSPS) is 10.9. The Morgan fingerprint density at radius 1 is 1.50 bits per heavy atom. The maximum atomic E-state index is 12.8. The van der Waals surface area contributed by atoms with Gasteiger partial charge in [0.05, 0.1) is 29.4 Å². The molecule has 0 unspecified atom stereocenters. The smallest absolute Gasteiger partial charge is 0.418 e. The Morgan fingerprint density at radius 2 is 2.11 bits per heavy atom. The van der Waals surface area contributed by atoms with Gasteiger partial charge in [-0.2, -0.15) is 18.4 Å². The number of nitriles is 1. The highest BCUT2D eigenvalue weighted by molar-refractivity contribution is 9.10. The highest BCUT2D eigenvalue weighted by Crippen LogP contribution is 2.39. The Hall–Kier alpha value is -1.55. The number of ether oxygens (including phenoxy) is 1. The van der Waals surface area contributed by atoms with Crippen LogP contribution in [-0.2, 0) is 10.9 Å². The molecule has 0 saturated carbocycles. The number of alkyl halides is 3. The van der Waals surface area contributed by atoms with Crippen LogP contribution in [0.4, 0.5) is 13.2 Å². The van der Waals surface area contributed by atoms with Crippen molar-refractivity contribution in [3.63, 3.8) is 0 Å². The Morgan fingerprint density at radius 3 is 2.56 bits per heavy atom. The van der Waals surface area contributed by atoms with E-state index in [1.54, 1.807) is 6.92 Å². The van der Waals surface area contributed by atoms with Crippen LogP contribution in [0.2, 0.25) is 0 Å². The summed E-state index contributed by atoms with van der Waals surface area (Å²) < 4.78 is 42.5. The molecule has 96 valence electrons. The molecule has 0 saturated heterocycles. The molecule has 0 aliphatic carbocycles. The average molecular weight is 322 g/mol. The summed E-state index contributed by atoms with van der Waals surface area (Å²) in [4.78, 5) is 11.4. The van der Waals surface area contributed by atoms with Crippen molar-refractivity contribution in [1.82, 2.24) is 0 Å². The van der Waals surface area contributed by atoms with Gasteiger partial charge in [0.15, 0.2) is 0 Å². The molecule has 0 aliphatic heterocycles. The fourth-order valence-corrected chi connectivity index (χ4v) is 2.05. The minimum absolute atomic E-state index is 0.0482. The molecule has 0 aromatic heterocycles. The van der Waals surface area contributed by atoms with Crippen molar-refractivity contribution in [1.29, 1.82) is 5.26 Å². The van der Waals surface area contributed by atoms with E-state index in [0.717, 1.165) is 12.1 Å². The minimum atomic E-state index is -4.73. The van der Waals surface area contributed by atoms with Crippen LogP contribution in [-0.4, -0.2) is 12.6 Å². The fourth-order valence-electron chi connectivity index (χ4n) is 1.31. The number of hydrogen-bond donors (Lipinski definition) is 0. The lowest BCUT2D eigenvalue weighted by Crippen LogP contribution is -2.13. The fraction of sp³-hybridized carbons (Fsp3) is 0.273. The zero-order valence-electron chi connectivity index (χ0n) is 9.14. The monoisotopic (exact) mass is 321 g/mol. The zero-order chi connectivity index (χ0) is 13.9. The molecule has 0 fully saturated rings. The third kappa shape index (κ3) is 2.82. The number of rotatable bonds is 2. The summed E-state index contributed by atoms with van der Waals surface area (Å²) in [5, 5.41) is 8.65. The summed E-state index contributed by atoms with van der Waals surface area (Å²) in [5.41, 5.74) is -1.99. The van der Waals surface area contributed by atoms with Crippen LogP contribution in [0.1, 0.15) is 28.4 Å². The lowest BCUT2D eigenvalue weighted by Gasteiger charge is -2.13. The van der Waals surface area contributed by atoms with Crippen molar-refractivity contribution in [2.24, 2.45) is 0 Å². The van der Waals surface area contributed by atoms with Crippen molar-refractivity contribution in [3.8, 4) is 6.07 Å². The van der Waals surface area contributed by atoms with E-state index in [-0.39, 0.29) is 12.2 Å². The molecule has 0 spiro atoms. The van der Waals surface area contributed by atoms with Gasteiger partial charge in [0.2, 0.25) is 0 Å². The molecular formula is C11H7BrF3NO2. The summed E-state index contributed by atoms with van der Waals surface area (Å²) in [6.07, 6.45) is -4.73. The maximum absolute atomic E-state index is 12.8. The van der Waals surface area contributed by atoms with Crippen molar-refractivity contribution >= 4 is 21.9 Å². The number of nitrogens with zero attached hydrogens (tertiary/aromatic N) is 1. The zero-order valence-corrected chi connectivity index (χ0v) is 10.7. The van der Waals surface area contributed by atoms with Crippen LogP contribution in [0, 0.1) is 11.3 Å². The molecule has 3 nitrogen and oxygen atoms in total. The van der Waals surface area contributed by atoms with Crippen molar-refractivity contribution in [2.45, 2.75) is 13.1 Å². The van der Waals surface area contributed by atoms with Gasteiger partial charge in [-0.25, -0.2) is 4.79 Å². The van der Waals surface area contributed by atoms with Gasteiger partial charge >= 0.3 is 12.1 Å². The molecule has 0 radical (unpaired) electrons.